The SMILES string of the molecule is CCc1cc(OCc2cc(F)ccc2F)nc(-c2ccc(F)cc2)n1. The Hall–Kier alpha value is -2.89. The van der Waals surface area contributed by atoms with Gasteiger partial charge in [-0.2, -0.15) is 4.98 Å². The topological polar surface area (TPSA) is 35.0 Å². The van der Waals surface area contributed by atoms with Gasteiger partial charge in [-0.1, -0.05) is 6.92 Å². The summed E-state index contributed by atoms with van der Waals surface area (Å²) in [5.41, 5.74) is 1.46. The zero-order valence-electron chi connectivity index (χ0n) is 13.5. The average molecular weight is 344 g/mol. The quantitative estimate of drug-likeness (QED) is 0.673. The fourth-order valence-electron chi connectivity index (χ4n) is 2.26. The molecule has 25 heavy (non-hydrogen) atoms. The van der Waals surface area contributed by atoms with Crippen molar-refractivity contribution >= 4 is 0 Å². The lowest BCUT2D eigenvalue weighted by Gasteiger charge is -2.10. The molecule has 1 heterocycles. The smallest absolute Gasteiger partial charge is 0.217 e. The Balaban J connectivity index is 1.87. The van der Waals surface area contributed by atoms with Crippen LogP contribution in [0.3, 0.4) is 0 Å². The molecular formula is C19H15F3N2O. The van der Waals surface area contributed by atoms with Crippen LogP contribution in [-0.2, 0) is 13.0 Å². The molecule has 0 radical (unpaired) electrons. The summed E-state index contributed by atoms with van der Waals surface area (Å²) in [4.78, 5) is 8.67. The van der Waals surface area contributed by atoms with E-state index in [0.29, 0.717) is 17.8 Å². The third kappa shape index (κ3) is 4.15. The summed E-state index contributed by atoms with van der Waals surface area (Å²) in [5.74, 6) is -0.814. The van der Waals surface area contributed by atoms with E-state index in [-0.39, 0.29) is 23.9 Å². The van der Waals surface area contributed by atoms with Gasteiger partial charge in [-0.15, -0.1) is 0 Å². The van der Waals surface area contributed by atoms with Gasteiger partial charge in [0, 0.05) is 22.9 Å². The molecule has 3 rings (SSSR count). The third-order valence-electron chi connectivity index (χ3n) is 3.60. The monoisotopic (exact) mass is 344 g/mol. The van der Waals surface area contributed by atoms with Gasteiger partial charge in [0.2, 0.25) is 5.88 Å². The van der Waals surface area contributed by atoms with Crippen LogP contribution in [0.25, 0.3) is 11.4 Å². The third-order valence-corrected chi connectivity index (χ3v) is 3.60. The maximum atomic E-state index is 13.7. The minimum Gasteiger partial charge on any atom is -0.473 e. The van der Waals surface area contributed by atoms with Crippen molar-refractivity contribution in [1.82, 2.24) is 9.97 Å². The van der Waals surface area contributed by atoms with E-state index in [1.165, 1.54) is 12.1 Å². The lowest BCUT2D eigenvalue weighted by molar-refractivity contribution is 0.286. The van der Waals surface area contributed by atoms with E-state index in [0.717, 1.165) is 23.9 Å². The Morgan fingerprint density at radius 3 is 2.32 bits per heavy atom. The van der Waals surface area contributed by atoms with Crippen LogP contribution in [0.4, 0.5) is 13.2 Å². The molecule has 6 heteroatoms. The molecule has 0 unspecified atom stereocenters. The minimum atomic E-state index is -0.551. The Bertz CT molecular complexity index is 882. The Morgan fingerprint density at radius 2 is 1.60 bits per heavy atom. The molecule has 0 fully saturated rings. The Kier molecular flexibility index (Phi) is 4.97. The van der Waals surface area contributed by atoms with Crippen molar-refractivity contribution in [2.45, 2.75) is 20.0 Å². The molecule has 0 aliphatic carbocycles. The number of aromatic nitrogens is 2. The Morgan fingerprint density at radius 1 is 0.880 bits per heavy atom. The van der Waals surface area contributed by atoms with Gasteiger partial charge in [-0.05, 0) is 48.9 Å². The summed E-state index contributed by atoms with van der Waals surface area (Å²) in [6.07, 6.45) is 0.640. The van der Waals surface area contributed by atoms with Crippen molar-refractivity contribution in [3.8, 4) is 17.3 Å². The Labute approximate surface area is 143 Å². The molecular weight excluding hydrogens is 329 g/mol. The molecule has 2 aromatic carbocycles. The standard InChI is InChI=1S/C19H15F3N2O/c1-2-16-10-18(25-11-13-9-15(21)7-8-17(13)22)24-19(23-16)12-3-5-14(20)6-4-12/h3-10H,2,11H2,1H3. The van der Waals surface area contributed by atoms with Crippen LogP contribution in [0, 0.1) is 17.5 Å². The van der Waals surface area contributed by atoms with Crippen molar-refractivity contribution < 1.29 is 17.9 Å². The maximum Gasteiger partial charge on any atom is 0.217 e. The molecule has 0 aliphatic heterocycles. The van der Waals surface area contributed by atoms with Gasteiger partial charge >= 0.3 is 0 Å². The number of hydrogen-bond acceptors (Lipinski definition) is 3. The van der Waals surface area contributed by atoms with E-state index >= 15 is 0 Å². The number of aryl methyl sites for hydroxylation is 1. The van der Waals surface area contributed by atoms with E-state index in [9.17, 15) is 13.2 Å². The summed E-state index contributed by atoms with van der Waals surface area (Å²) in [6, 6.07) is 10.6. The van der Waals surface area contributed by atoms with Gasteiger partial charge in [0.25, 0.3) is 0 Å². The number of ether oxygens (including phenoxy) is 1. The lowest BCUT2D eigenvalue weighted by Crippen LogP contribution is -2.03. The minimum absolute atomic E-state index is 0.0972. The highest BCUT2D eigenvalue weighted by molar-refractivity contribution is 5.55. The van der Waals surface area contributed by atoms with Crippen LogP contribution in [0.2, 0.25) is 0 Å². The summed E-state index contributed by atoms with van der Waals surface area (Å²) in [6.45, 7) is 1.76. The van der Waals surface area contributed by atoms with Crippen LogP contribution in [0.1, 0.15) is 18.2 Å². The van der Waals surface area contributed by atoms with E-state index in [1.807, 2.05) is 6.92 Å². The van der Waals surface area contributed by atoms with Gasteiger partial charge in [-0.3, -0.25) is 0 Å². The fraction of sp³-hybridized carbons (Fsp3) is 0.158. The zero-order chi connectivity index (χ0) is 17.8. The fourth-order valence-corrected chi connectivity index (χ4v) is 2.26. The van der Waals surface area contributed by atoms with Crippen LogP contribution in [0.15, 0.2) is 48.5 Å². The molecule has 0 aliphatic rings. The molecule has 0 saturated heterocycles. The van der Waals surface area contributed by atoms with Crippen molar-refractivity contribution in [2.24, 2.45) is 0 Å². The molecule has 0 N–H and O–H groups in total. The first-order valence-corrected chi connectivity index (χ1v) is 7.76. The van der Waals surface area contributed by atoms with Gasteiger partial charge in [0.05, 0.1) is 0 Å². The summed E-state index contributed by atoms with van der Waals surface area (Å²) >= 11 is 0. The second kappa shape index (κ2) is 7.34. The number of rotatable bonds is 5. The number of benzene rings is 2. The number of hydrogen-bond donors (Lipinski definition) is 0. The highest BCUT2D eigenvalue weighted by Gasteiger charge is 2.10. The first-order chi connectivity index (χ1) is 12.0. The van der Waals surface area contributed by atoms with E-state index in [1.54, 1.807) is 18.2 Å². The van der Waals surface area contributed by atoms with Crippen LogP contribution >= 0.6 is 0 Å². The number of nitrogens with zero attached hydrogens (tertiary/aromatic N) is 2. The van der Waals surface area contributed by atoms with Crippen molar-refractivity contribution in [3.63, 3.8) is 0 Å². The summed E-state index contributed by atoms with van der Waals surface area (Å²) < 4.78 is 45.5. The average Bonchev–Trinajstić information content (AvgIpc) is 2.62. The summed E-state index contributed by atoms with van der Waals surface area (Å²) in [5, 5.41) is 0. The van der Waals surface area contributed by atoms with E-state index in [4.69, 9.17) is 4.74 Å². The first kappa shape index (κ1) is 17.0. The van der Waals surface area contributed by atoms with E-state index in [2.05, 4.69) is 9.97 Å². The zero-order valence-corrected chi connectivity index (χ0v) is 13.5. The molecule has 3 nitrogen and oxygen atoms in total. The lowest BCUT2D eigenvalue weighted by atomic mass is 10.2. The first-order valence-electron chi connectivity index (χ1n) is 7.76. The molecule has 0 spiro atoms. The molecule has 0 atom stereocenters. The van der Waals surface area contributed by atoms with Crippen molar-refractivity contribution in [3.05, 3.63) is 77.2 Å². The molecule has 0 amide bonds. The molecule has 0 saturated carbocycles. The van der Waals surface area contributed by atoms with Gasteiger partial charge in [0.15, 0.2) is 5.82 Å². The van der Waals surface area contributed by atoms with Gasteiger partial charge in [-0.25, -0.2) is 18.2 Å². The second-order valence-electron chi connectivity index (χ2n) is 5.41. The maximum absolute atomic E-state index is 13.7. The van der Waals surface area contributed by atoms with Crippen LogP contribution in [-0.4, -0.2) is 9.97 Å². The summed E-state index contributed by atoms with van der Waals surface area (Å²) in [7, 11) is 0. The predicted octanol–water partition coefficient (Wildman–Crippen LogP) is 4.70. The highest BCUT2D eigenvalue weighted by atomic mass is 19.1. The largest absolute Gasteiger partial charge is 0.473 e. The molecule has 0 bridgehead atoms. The number of halogens is 3. The van der Waals surface area contributed by atoms with Crippen molar-refractivity contribution in [1.29, 1.82) is 0 Å². The molecule has 1 aromatic heterocycles. The predicted molar refractivity (Wildman–Crippen MR) is 87.5 cm³/mol. The molecule has 128 valence electrons. The normalized spacial score (nSPS) is 10.7. The van der Waals surface area contributed by atoms with Crippen molar-refractivity contribution in [2.75, 3.05) is 0 Å². The van der Waals surface area contributed by atoms with Gasteiger partial charge < -0.3 is 4.74 Å². The van der Waals surface area contributed by atoms with Crippen LogP contribution in [0.5, 0.6) is 5.88 Å². The molecule has 3 aromatic rings. The van der Waals surface area contributed by atoms with Gasteiger partial charge in [0.1, 0.15) is 24.1 Å². The second-order valence-corrected chi connectivity index (χ2v) is 5.41. The highest BCUT2D eigenvalue weighted by Crippen LogP contribution is 2.21. The van der Waals surface area contributed by atoms with Crippen LogP contribution < -0.4 is 4.74 Å². The van der Waals surface area contributed by atoms with E-state index < -0.39 is 11.6 Å².